The number of anilines is 3. The van der Waals surface area contributed by atoms with Gasteiger partial charge in [-0.05, 0) is 18.2 Å². The van der Waals surface area contributed by atoms with Crippen LogP contribution in [-0.4, -0.2) is 12.1 Å². The molecule has 1 aromatic heterocycles. The molecule has 0 spiro atoms. The van der Waals surface area contributed by atoms with Gasteiger partial charge in [0.2, 0.25) is 0 Å². The quantitative estimate of drug-likeness (QED) is 0.679. The standard InChI is InChI=1S/C12H14N4O/c1-17-8-2-3-9(11(14)5-8)10-4-7(13)6-16-12(10)15/h2-6H,13-14H2,1H3,(H2,15,16). The zero-order valence-electron chi connectivity index (χ0n) is 9.47. The van der Waals surface area contributed by atoms with Crippen LogP contribution in [0.5, 0.6) is 5.75 Å². The van der Waals surface area contributed by atoms with Gasteiger partial charge < -0.3 is 21.9 Å². The van der Waals surface area contributed by atoms with E-state index in [-0.39, 0.29) is 0 Å². The molecule has 2 rings (SSSR count). The predicted octanol–water partition coefficient (Wildman–Crippen LogP) is 1.50. The van der Waals surface area contributed by atoms with Crippen LogP contribution in [0.2, 0.25) is 0 Å². The lowest BCUT2D eigenvalue weighted by Crippen LogP contribution is -1.99. The third-order valence-electron chi connectivity index (χ3n) is 2.49. The van der Waals surface area contributed by atoms with Gasteiger partial charge in [0.1, 0.15) is 11.6 Å². The molecule has 0 atom stereocenters. The molecule has 17 heavy (non-hydrogen) atoms. The highest BCUT2D eigenvalue weighted by Gasteiger charge is 2.08. The number of pyridine rings is 1. The van der Waals surface area contributed by atoms with Crippen molar-refractivity contribution in [2.45, 2.75) is 0 Å². The van der Waals surface area contributed by atoms with Crippen molar-refractivity contribution in [2.24, 2.45) is 0 Å². The second-order valence-electron chi connectivity index (χ2n) is 3.65. The number of aromatic nitrogens is 1. The lowest BCUT2D eigenvalue weighted by Gasteiger charge is -2.10. The molecule has 0 saturated heterocycles. The number of hydrogen-bond acceptors (Lipinski definition) is 5. The zero-order valence-corrected chi connectivity index (χ0v) is 9.47. The molecule has 0 unspecified atom stereocenters. The fraction of sp³-hybridized carbons (Fsp3) is 0.0833. The third-order valence-corrected chi connectivity index (χ3v) is 2.49. The highest BCUT2D eigenvalue weighted by Crippen LogP contribution is 2.32. The molecule has 88 valence electrons. The summed E-state index contributed by atoms with van der Waals surface area (Å²) in [6.45, 7) is 0. The van der Waals surface area contributed by atoms with Crippen LogP contribution >= 0.6 is 0 Å². The normalized spacial score (nSPS) is 10.2. The molecule has 0 aliphatic carbocycles. The largest absolute Gasteiger partial charge is 0.497 e. The van der Waals surface area contributed by atoms with Crippen LogP contribution in [0.3, 0.4) is 0 Å². The van der Waals surface area contributed by atoms with Crippen molar-refractivity contribution in [3.05, 3.63) is 30.5 Å². The molecule has 0 bridgehead atoms. The Labute approximate surface area is 99.2 Å². The second kappa shape index (κ2) is 4.21. The molecule has 0 amide bonds. The summed E-state index contributed by atoms with van der Waals surface area (Å²) < 4.78 is 5.09. The van der Waals surface area contributed by atoms with E-state index in [1.54, 1.807) is 19.2 Å². The molecule has 2 aromatic rings. The van der Waals surface area contributed by atoms with Crippen molar-refractivity contribution in [2.75, 3.05) is 24.3 Å². The van der Waals surface area contributed by atoms with E-state index in [9.17, 15) is 0 Å². The highest BCUT2D eigenvalue weighted by atomic mass is 16.5. The monoisotopic (exact) mass is 230 g/mol. The van der Waals surface area contributed by atoms with Crippen molar-refractivity contribution in [3.63, 3.8) is 0 Å². The Hall–Kier alpha value is -2.43. The van der Waals surface area contributed by atoms with Gasteiger partial charge in [0.15, 0.2) is 0 Å². The number of hydrogen-bond donors (Lipinski definition) is 3. The summed E-state index contributed by atoms with van der Waals surface area (Å²) in [7, 11) is 1.59. The maximum Gasteiger partial charge on any atom is 0.131 e. The minimum absolute atomic E-state index is 0.399. The minimum Gasteiger partial charge on any atom is -0.497 e. The molecule has 1 aromatic carbocycles. The second-order valence-corrected chi connectivity index (χ2v) is 3.65. The summed E-state index contributed by atoms with van der Waals surface area (Å²) in [5.41, 5.74) is 20.1. The molecular formula is C12H14N4O. The van der Waals surface area contributed by atoms with E-state index >= 15 is 0 Å². The fourth-order valence-electron chi connectivity index (χ4n) is 1.62. The van der Waals surface area contributed by atoms with E-state index in [1.165, 1.54) is 6.20 Å². The van der Waals surface area contributed by atoms with Gasteiger partial charge in [-0.25, -0.2) is 4.98 Å². The van der Waals surface area contributed by atoms with Crippen molar-refractivity contribution in [1.29, 1.82) is 0 Å². The van der Waals surface area contributed by atoms with Crippen LogP contribution in [0, 0.1) is 0 Å². The van der Waals surface area contributed by atoms with Crippen LogP contribution in [0.25, 0.3) is 11.1 Å². The van der Waals surface area contributed by atoms with Gasteiger partial charge in [-0.2, -0.15) is 0 Å². The SMILES string of the molecule is COc1ccc(-c2cc(N)cnc2N)c(N)c1. The zero-order chi connectivity index (χ0) is 12.4. The maximum atomic E-state index is 5.94. The lowest BCUT2D eigenvalue weighted by atomic mass is 10.0. The number of nitrogens with zero attached hydrogens (tertiary/aromatic N) is 1. The number of nitrogen functional groups attached to an aromatic ring is 3. The fourth-order valence-corrected chi connectivity index (χ4v) is 1.62. The number of methoxy groups -OCH3 is 1. The maximum absolute atomic E-state index is 5.94. The van der Waals surface area contributed by atoms with E-state index in [1.807, 2.05) is 12.1 Å². The van der Waals surface area contributed by atoms with Gasteiger partial charge in [0, 0.05) is 22.9 Å². The molecule has 0 fully saturated rings. The Morgan fingerprint density at radius 3 is 2.47 bits per heavy atom. The van der Waals surface area contributed by atoms with E-state index < -0.39 is 0 Å². The average Bonchev–Trinajstić information content (AvgIpc) is 2.32. The molecule has 6 N–H and O–H groups in total. The van der Waals surface area contributed by atoms with Crippen LogP contribution in [-0.2, 0) is 0 Å². The Morgan fingerprint density at radius 1 is 1.06 bits per heavy atom. The van der Waals surface area contributed by atoms with E-state index in [2.05, 4.69) is 4.98 Å². The molecule has 0 aliphatic rings. The molecule has 0 radical (unpaired) electrons. The predicted molar refractivity (Wildman–Crippen MR) is 69.5 cm³/mol. The number of rotatable bonds is 2. The van der Waals surface area contributed by atoms with Crippen LogP contribution < -0.4 is 21.9 Å². The average molecular weight is 230 g/mol. The van der Waals surface area contributed by atoms with Gasteiger partial charge >= 0.3 is 0 Å². The van der Waals surface area contributed by atoms with Gasteiger partial charge in [0.05, 0.1) is 19.0 Å². The first-order valence-corrected chi connectivity index (χ1v) is 5.06. The Kier molecular flexibility index (Phi) is 2.74. The minimum atomic E-state index is 0.399. The smallest absolute Gasteiger partial charge is 0.131 e. The van der Waals surface area contributed by atoms with Gasteiger partial charge in [0.25, 0.3) is 0 Å². The first-order valence-electron chi connectivity index (χ1n) is 5.06. The first kappa shape index (κ1) is 11.1. The highest BCUT2D eigenvalue weighted by molar-refractivity contribution is 5.84. The Bertz CT molecular complexity index is 554. The number of ether oxygens (including phenoxy) is 1. The summed E-state index contributed by atoms with van der Waals surface area (Å²) >= 11 is 0. The summed E-state index contributed by atoms with van der Waals surface area (Å²) in [5.74, 6) is 1.10. The lowest BCUT2D eigenvalue weighted by molar-refractivity contribution is 0.415. The van der Waals surface area contributed by atoms with Gasteiger partial charge in [-0.1, -0.05) is 0 Å². The van der Waals surface area contributed by atoms with Crippen molar-refractivity contribution in [3.8, 4) is 16.9 Å². The Morgan fingerprint density at radius 2 is 1.82 bits per heavy atom. The van der Waals surface area contributed by atoms with Crippen LogP contribution in [0.15, 0.2) is 30.5 Å². The van der Waals surface area contributed by atoms with Gasteiger partial charge in [-0.15, -0.1) is 0 Å². The van der Waals surface area contributed by atoms with Gasteiger partial charge in [-0.3, -0.25) is 0 Å². The Balaban J connectivity index is 2.56. The summed E-state index contributed by atoms with van der Waals surface area (Å²) in [5, 5.41) is 0. The molecular weight excluding hydrogens is 216 g/mol. The number of benzene rings is 1. The number of nitrogens with two attached hydrogens (primary N) is 3. The molecule has 5 nitrogen and oxygen atoms in total. The first-order chi connectivity index (χ1) is 8.11. The van der Waals surface area contributed by atoms with Crippen molar-refractivity contribution < 1.29 is 4.74 Å². The van der Waals surface area contributed by atoms with Crippen molar-refractivity contribution >= 4 is 17.2 Å². The topological polar surface area (TPSA) is 100 Å². The summed E-state index contributed by atoms with van der Waals surface area (Å²) in [6.07, 6.45) is 1.51. The molecule has 5 heteroatoms. The van der Waals surface area contributed by atoms with E-state index in [0.29, 0.717) is 22.9 Å². The third kappa shape index (κ3) is 2.08. The van der Waals surface area contributed by atoms with Crippen LogP contribution in [0.1, 0.15) is 0 Å². The molecule has 0 saturated carbocycles. The summed E-state index contributed by atoms with van der Waals surface area (Å²) in [6, 6.07) is 7.13. The molecule has 1 heterocycles. The van der Waals surface area contributed by atoms with E-state index in [4.69, 9.17) is 21.9 Å². The molecule has 0 aliphatic heterocycles. The van der Waals surface area contributed by atoms with E-state index in [0.717, 1.165) is 11.1 Å². The summed E-state index contributed by atoms with van der Waals surface area (Å²) in [4.78, 5) is 4.00. The van der Waals surface area contributed by atoms with Crippen molar-refractivity contribution in [1.82, 2.24) is 4.98 Å². The van der Waals surface area contributed by atoms with Crippen LogP contribution in [0.4, 0.5) is 17.2 Å².